The molecule has 5 rings (SSSR count). The molecule has 4 saturated carbocycles. The van der Waals surface area contributed by atoms with Gasteiger partial charge in [-0.05, 0) is 90.8 Å². The number of carbonyl (C=O) groups is 1. The SMILES string of the molecule is C[C@H]1[C@H](C)CC[C@]2(C)CC[C@]3(C)C(=CC[C@@H]4[C@@]5(C)CCC(=O)C(C)(C)[C@@H]5C[C@H](O)[C@]43C)[C@H]12. The van der Waals surface area contributed by atoms with Crippen LogP contribution >= 0.6 is 0 Å². The Balaban J connectivity index is 1.63. The monoisotopic (exact) mass is 440 g/mol. The van der Waals surface area contributed by atoms with Crippen LogP contribution in [0.3, 0.4) is 0 Å². The van der Waals surface area contributed by atoms with E-state index in [0.717, 1.165) is 31.1 Å². The highest BCUT2D eigenvalue weighted by Crippen LogP contribution is 2.75. The fraction of sp³-hybridized carbons (Fsp3) is 0.900. The average Bonchev–Trinajstić information content (AvgIpc) is 2.72. The predicted molar refractivity (Wildman–Crippen MR) is 131 cm³/mol. The van der Waals surface area contributed by atoms with Crippen LogP contribution in [-0.2, 0) is 4.79 Å². The first-order valence-electron chi connectivity index (χ1n) is 13.7. The van der Waals surface area contributed by atoms with Crippen LogP contribution in [-0.4, -0.2) is 17.0 Å². The van der Waals surface area contributed by atoms with Crippen molar-refractivity contribution in [3.8, 4) is 0 Å². The second kappa shape index (κ2) is 6.73. The lowest BCUT2D eigenvalue weighted by Crippen LogP contribution is -2.68. The van der Waals surface area contributed by atoms with Gasteiger partial charge in [-0.1, -0.05) is 67.0 Å². The quantitative estimate of drug-likeness (QED) is 0.404. The Morgan fingerprint density at radius 1 is 0.938 bits per heavy atom. The molecule has 180 valence electrons. The van der Waals surface area contributed by atoms with Crippen molar-refractivity contribution in [3.63, 3.8) is 0 Å². The molecule has 0 amide bonds. The number of fused-ring (bicyclic) bond motifs is 7. The number of aliphatic hydroxyl groups is 1. The summed E-state index contributed by atoms with van der Waals surface area (Å²) >= 11 is 0. The first-order valence-corrected chi connectivity index (χ1v) is 13.7. The van der Waals surface area contributed by atoms with Gasteiger partial charge in [0.05, 0.1) is 6.10 Å². The first-order chi connectivity index (χ1) is 14.7. The second-order valence-corrected chi connectivity index (χ2v) is 14.5. The minimum absolute atomic E-state index is 0.0599. The summed E-state index contributed by atoms with van der Waals surface area (Å²) in [6, 6.07) is 0. The van der Waals surface area contributed by atoms with Crippen molar-refractivity contribution in [3.05, 3.63) is 11.6 Å². The van der Waals surface area contributed by atoms with Crippen LogP contribution in [0.5, 0.6) is 0 Å². The molecule has 0 aromatic heterocycles. The number of hydrogen-bond acceptors (Lipinski definition) is 2. The van der Waals surface area contributed by atoms with Crippen LogP contribution in [0.2, 0.25) is 0 Å². The Morgan fingerprint density at radius 2 is 1.62 bits per heavy atom. The Bertz CT molecular complexity index is 855. The highest BCUT2D eigenvalue weighted by Gasteiger charge is 2.70. The van der Waals surface area contributed by atoms with E-state index >= 15 is 0 Å². The Morgan fingerprint density at radius 3 is 2.31 bits per heavy atom. The fourth-order valence-corrected chi connectivity index (χ4v) is 10.6. The van der Waals surface area contributed by atoms with Crippen LogP contribution in [0, 0.1) is 56.7 Å². The van der Waals surface area contributed by atoms with Crippen molar-refractivity contribution in [2.45, 2.75) is 113 Å². The van der Waals surface area contributed by atoms with E-state index in [-0.39, 0.29) is 33.7 Å². The van der Waals surface area contributed by atoms with Crippen LogP contribution in [0.4, 0.5) is 0 Å². The zero-order valence-electron chi connectivity index (χ0n) is 22.1. The van der Waals surface area contributed by atoms with Gasteiger partial charge in [0.25, 0.3) is 0 Å². The van der Waals surface area contributed by atoms with E-state index in [0.29, 0.717) is 29.5 Å². The molecule has 2 nitrogen and oxygen atoms in total. The summed E-state index contributed by atoms with van der Waals surface area (Å²) in [4.78, 5) is 12.9. The Labute approximate surface area is 197 Å². The highest BCUT2D eigenvalue weighted by atomic mass is 16.3. The van der Waals surface area contributed by atoms with Crippen molar-refractivity contribution in [1.82, 2.24) is 0 Å². The predicted octanol–water partition coefficient (Wildman–Crippen LogP) is 7.20. The fourth-order valence-electron chi connectivity index (χ4n) is 10.6. The maximum absolute atomic E-state index is 12.9. The minimum Gasteiger partial charge on any atom is -0.393 e. The summed E-state index contributed by atoms with van der Waals surface area (Å²) in [6.45, 7) is 19.3. The molecule has 0 unspecified atom stereocenters. The third kappa shape index (κ3) is 2.55. The number of carbonyl (C=O) groups excluding carboxylic acids is 1. The molecule has 0 spiro atoms. The first kappa shape index (κ1) is 23.1. The van der Waals surface area contributed by atoms with E-state index in [1.807, 2.05) is 0 Å². The van der Waals surface area contributed by atoms with Crippen molar-refractivity contribution in [1.29, 1.82) is 0 Å². The third-order valence-corrected chi connectivity index (χ3v) is 13.2. The topological polar surface area (TPSA) is 37.3 Å². The van der Waals surface area contributed by atoms with Gasteiger partial charge < -0.3 is 5.11 Å². The van der Waals surface area contributed by atoms with E-state index in [2.05, 4.69) is 61.5 Å². The van der Waals surface area contributed by atoms with Crippen LogP contribution in [0.25, 0.3) is 0 Å². The van der Waals surface area contributed by atoms with Gasteiger partial charge in [0.2, 0.25) is 0 Å². The van der Waals surface area contributed by atoms with Gasteiger partial charge in [0, 0.05) is 17.3 Å². The molecule has 0 aromatic carbocycles. The lowest BCUT2D eigenvalue weighted by molar-refractivity contribution is -0.227. The number of ketones is 1. The maximum Gasteiger partial charge on any atom is 0.138 e. The number of aliphatic hydroxyl groups excluding tert-OH is 1. The smallest absolute Gasteiger partial charge is 0.138 e. The highest BCUT2D eigenvalue weighted by molar-refractivity contribution is 5.85. The largest absolute Gasteiger partial charge is 0.393 e. The molecular formula is C30H48O2. The number of hydrogen-bond donors (Lipinski definition) is 1. The van der Waals surface area contributed by atoms with Gasteiger partial charge in [0.1, 0.15) is 5.78 Å². The molecular weight excluding hydrogens is 392 g/mol. The van der Waals surface area contributed by atoms with Crippen LogP contribution in [0.15, 0.2) is 11.6 Å². The minimum atomic E-state index is -0.329. The molecule has 0 heterocycles. The third-order valence-electron chi connectivity index (χ3n) is 13.2. The zero-order valence-corrected chi connectivity index (χ0v) is 22.1. The molecule has 2 heteroatoms. The summed E-state index contributed by atoms with van der Waals surface area (Å²) in [5.41, 5.74) is 1.88. The molecule has 4 fully saturated rings. The van der Waals surface area contributed by atoms with Gasteiger partial charge in [-0.15, -0.1) is 0 Å². The van der Waals surface area contributed by atoms with Gasteiger partial charge in [-0.2, -0.15) is 0 Å². The number of allylic oxidation sites excluding steroid dienone is 2. The van der Waals surface area contributed by atoms with Crippen LogP contribution < -0.4 is 0 Å². The van der Waals surface area contributed by atoms with Crippen LogP contribution in [0.1, 0.15) is 107 Å². The van der Waals surface area contributed by atoms with Crippen molar-refractivity contribution in [2.75, 3.05) is 0 Å². The average molecular weight is 441 g/mol. The van der Waals surface area contributed by atoms with Gasteiger partial charge in [-0.25, -0.2) is 0 Å². The molecule has 0 radical (unpaired) electrons. The molecule has 0 bridgehead atoms. The summed E-state index contributed by atoms with van der Waals surface area (Å²) in [6.07, 6.45) is 11.2. The van der Waals surface area contributed by atoms with E-state index < -0.39 is 0 Å². The lowest BCUT2D eigenvalue weighted by atomic mass is 9.33. The van der Waals surface area contributed by atoms with E-state index in [1.165, 1.54) is 25.7 Å². The second-order valence-electron chi connectivity index (χ2n) is 14.5. The van der Waals surface area contributed by atoms with Gasteiger partial charge >= 0.3 is 0 Å². The summed E-state index contributed by atoms with van der Waals surface area (Å²) < 4.78 is 0. The molecule has 32 heavy (non-hydrogen) atoms. The van der Waals surface area contributed by atoms with E-state index in [9.17, 15) is 9.90 Å². The molecule has 5 aliphatic carbocycles. The Kier molecular flexibility index (Phi) is 4.87. The van der Waals surface area contributed by atoms with Crippen molar-refractivity contribution < 1.29 is 9.90 Å². The number of Topliss-reactive ketones (excluding diaryl/α,β-unsaturated/α-hetero) is 1. The van der Waals surface area contributed by atoms with E-state index in [4.69, 9.17) is 0 Å². The van der Waals surface area contributed by atoms with Gasteiger partial charge in [-0.3, -0.25) is 4.79 Å². The number of rotatable bonds is 0. The van der Waals surface area contributed by atoms with Gasteiger partial charge in [0.15, 0.2) is 0 Å². The molecule has 5 aliphatic rings. The van der Waals surface area contributed by atoms with Crippen molar-refractivity contribution in [2.24, 2.45) is 56.7 Å². The summed E-state index contributed by atoms with van der Waals surface area (Å²) in [5, 5.41) is 12.0. The summed E-state index contributed by atoms with van der Waals surface area (Å²) in [7, 11) is 0. The Hall–Kier alpha value is -0.630. The summed E-state index contributed by atoms with van der Waals surface area (Å²) in [5.74, 6) is 3.30. The maximum atomic E-state index is 12.9. The standard InChI is InChI=1S/C30H48O2/c1-18-11-13-27(5)15-16-29(7)20(25(27)19(18)2)9-10-21-28(6)14-12-23(31)26(3,4)22(28)17-24(32)30(21,29)8/h9,18-19,21-22,24-25,32H,10-17H2,1-8H3/t18-,19+,21-,22+,24+,25+,27-,28-,29-,30+/m1/s1. The lowest BCUT2D eigenvalue weighted by Gasteiger charge is -2.72. The van der Waals surface area contributed by atoms with Crippen molar-refractivity contribution >= 4 is 5.78 Å². The zero-order chi connectivity index (χ0) is 23.5. The molecule has 0 aliphatic heterocycles. The molecule has 0 aromatic rings. The van der Waals surface area contributed by atoms with E-state index in [1.54, 1.807) is 5.57 Å². The molecule has 10 atom stereocenters. The normalized spacial score (nSPS) is 56.9. The molecule has 0 saturated heterocycles. The molecule has 1 N–H and O–H groups in total.